The molecule has 2 N–H and O–H groups in total. The van der Waals surface area contributed by atoms with Crippen LogP contribution in [0.15, 0.2) is 24.3 Å². The minimum absolute atomic E-state index is 0.0299. The summed E-state index contributed by atoms with van der Waals surface area (Å²) in [6.45, 7) is 5.46. The Hall–Kier alpha value is -1.59. The van der Waals surface area contributed by atoms with Gasteiger partial charge in [-0.25, -0.2) is 0 Å². The van der Waals surface area contributed by atoms with Crippen LogP contribution >= 0.6 is 0 Å². The van der Waals surface area contributed by atoms with Crippen LogP contribution in [0.1, 0.15) is 19.8 Å². The normalized spacial score (nSPS) is 14.2. The van der Waals surface area contributed by atoms with E-state index in [1.54, 1.807) is 7.11 Å². The van der Waals surface area contributed by atoms with Crippen molar-refractivity contribution >= 4 is 11.6 Å². The fourth-order valence-electron chi connectivity index (χ4n) is 2.37. The molecular weight excluding hydrogens is 266 g/mol. The molecule has 1 aliphatic carbocycles. The first-order chi connectivity index (χ1) is 10.2. The van der Waals surface area contributed by atoms with Gasteiger partial charge in [0.25, 0.3) is 0 Å². The number of anilines is 1. The molecule has 1 aromatic carbocycles. The topological polar surface area (TPSA) is 53.6 Å². The molecule has 0 heterocycles. The fourth-order valence-corrected chi connectivity index (χ4v) is 2.37. The number of nitrogens with one attached hydrogen (secondary N) is 2. The van der Waals surface area contributed by atoms with Crippen LogP contribution in [0.5, 0.6) is 5.75 Å². The Kier molecular flexibility index (Phi) is 6.02. The third kappa shape index (κ3) is 5.36. The first-order valence-electron chi connectivity index (χ1n) is 7.61. The van der Waals surface area contributed by atoms with E-state index in [1.807, 2.05) is 24.3 Å². The summed E-state index contributed by atoms with van der Waals surface area (Å²) < 4.78 is 5.13. The molecule has 5 heteroatoms. The molecule has 1 aliphatic rings. The van der Waals surface area contributed by atoms with Crippen LogP contribution < -0.4 is 15.4 Å². The van der Waals surface area contributed by atoms with Crippen molar-refractivity contribution in [3.05, 3.63) is 24.3 Å². The Bertz CT molecular complexity index is 461. The first kappa shape index (κ1) is 15.8. The summed E-state index contributed by atoms with van der Waals surface area (Å²) in [5, 5.41) is 6.06. The van der Waals surface area contributed by atoms with E-state index in [-0.39, 0.29) is 5.91 Å². The summed E-state index contributed by atoms with van der Waals surface area (Å²) >= 11 is 0. The molecule has 116 valence electrons. The van der Waals surface area contributed by atoms with Gasteiger partial charge in [-0.15, -0.1) is 0 Å². The average Bonchev–Trinajstić information content (AvgIpc) is 3.32. The first-order valence-corrected chi connectivity index (χ1v) is 7.61. The van der Waals surface area contributed by atoms with Gasteiger partial charge in [-0.2, -0.15) is 0 Å². The minimum atomic E-state index is -0.0299. The smallest absolute Gasteiger partial charge is 0.238 e. The van der Waals surface area contributed by atoms with E-state index >= 15 is 0 Å². The molecule has 0 spiro atoms. The summed E-state index contributed by atoms with van der Waals surface area (Å²) in [7, 11) is 1.61. The molecule has 0 saturated heterocycles. The van der Waals surface area contributed by atoms with Gasteiger partial charge in [0, 0.05) is 30.9 Å². The number of nitrogens with zero attached hydrogens (tertiary/aromatic N) is 1. The summed E-state index contributed by atoms with van der Waals surface area (Å²) in [6, 6.07) is 8.15. The highest BCUT2D eigenvalue weighted by molar-refractivity contribution is 5.92. The lowest BCUT2D eigenvalue weighted by Crippen LogP contribution is -2.36. The number of amides is 1. The largest absolute Gasteiger partial charge is 0.497 e. The Labute approximate surface area is 126 Å². The maximum absolute atomic E-state index is 11.8. The van der Waals surface area contributed by atoms with Gasteiger partial charge in [0.1, 0.15) is 5.75 Å². The van der Waals surface area contributed by atoms with Gasteiger partial charge < -0.3 is 15.4 Å². The Balaban J connectivity index is 1.64. The van der Waals surface area contributed by atoms with Crippen LogP contribution in [0, 0.1) is 0 Å². The minimum Gasteiger partial charge on any atom is -0.497 e. The van der Waals surface area contributed by atoms with E-state index in [0.29, 0.717) is 6.54 Å². The van der Waals surface area contributed by atoms with E-state index < -0.39 is 0 Å². The third-order valence-corrected chi connectivity index (χ3v) is 3.68. The van der Waals surface area contributed by atoms with Crippen molar-refractivity contribution in [2.45, 2.75) is 25.8 Å². The van der Waals surface area contributed by atoms with Crippen molar-refractivity contribution in [3.8, 4) is 5.75 Å². The van der Waals surface area contributed by atoms with Crippen molar-refractivity contribution in [2.24, 2.45) is 0 Å². The molecule has 0 unspecified atom stereocenters. The number of methoxy groups -OCH3 is 1. The molecule has 0 aromatic heterocycles. The zero-order chi connectivity index (χ0) is 15.1. The standard InChI is InChI=1S/C16H25N3O2/c1-3-19(14-7-8-14)10-9-17-12-16(20)18-13-5-4-6-15(11-13)21-2/h4-6,11,14,17H,3,7-10,12H2,1-2H3,(H,18,20). The maximum atomic E-state index is 11.8. The monoisotopic (exact) mass is 291 g/mol. The van der Waals surface area contributed by atoms with Crippen LogP contribution in [0.25, 0.3) is 0 Å². The number of hydrogen-bond acceptors (Lipinski definition) is 4. The number of likely N-dealkylation sites (N-methyl/N-ethyl adjacent to an activating group) is 1. The van der Waals surface area contributed by atoms with Crippen LogP contribution in [0.2, 0.25) is 0 Å². The van der Waals surface area contributed by atoms with Crippen molar-refractivity contribution in [2.75, 3.05) is 38.6 Å². The highest BCUT2D eigenvalue weighted by Gasteiger charge is 2.26. The fraction of sp³-hybridized carbons (Fsp3) is 0.562. The van der Waals surface area contributed by atoms with E-state index in [4.69, 9.17) is 4.74 Å². The van der Waals surface area contributed by atoms with Gasteiger partial charge >= 0.3 is 0 Å². The lowest BCUT2D eigenvalue weighted by molar-refractivity contribution is -0.115. The van der Waals surface area contributed by atoms with Gasteiger partial charge in [0.05, 0.1) is 13.7 Å². The van der Waals surface area contributed by atoms with Gasteiger partial charge in [0.15, 0.2) is 0 Å². The van der Waals surface area contributed by atoms with Crippen molar-refractivity contribution in [1.29, 1.82) is 0 Å². The van der Waals surface area contributed by atoms with E-state index in [2.05, 4.69) is 22.5 Å². The highest BCUT2D eigenvalue weighted by atomic mass is 16.5. The number of carbonyl (C=O) groups is 1. The second kappa shape index (κ2) is 8.00. The molecule has 0 bridgehead atoms. The molecule has 0 atom stereocenters. The van der Waals surface area contributed by atoms with Crippen LogP contribution in [0.4, 0.5) is 5.69 Å². The van der Waals surface area contributed by atoms with Gasteiger partial charge in [-0.3, -0.25) is 9.69 Å². The Morgan fingerprint density at radius 1 is 1.43 bits per heavy atom. The van der Waals surface area contributed by atoms with Gasteiger partial charge in [0.2, 0.25) is 5.91 Å². The predicted octanol–water partition coefficient (Wildman–Crippen LogP) is 1.71. The number of ether oxygens (including phenoxy) is 1. The lowest BCUT2D eigenvalue weighted by atomic mass is 10.3. The molecule has 1 saturated carbocycles. The zero-order valence-electron chi connectivity index (χ0n) is 12.9. The summed E-state index contributed by atoms with van der Waals surface area (Å²) in [5.74, 6) is 0.710. The molecule has 21 heavy (non-hydrogen) atoms. The number of carbonyl (C=O) groups excluding carboxylic acids is 1. The molecular formula is C16H25N3O2. The average molecular weight is 291 g/mol. The third-order valence-electron chi connectivity index (χ3n) is 3.68. The molecule has 5 nitrogen and oxygen atoms in total. The predicted molar refractivity (Wildman–Crippen MR) is 84.8 cm³/mol. The maximum Gasteiger partial charge on any atom is 0.238 e. The van der Waals surface area contributed by atoms with Crippen LogP contribution in [-0.4, -0.2) is 50.1 Å². The van der Waals surface area contributed by atoms with E-state index in [9.17, 15) is 4.79 Å². The van der Waals surface area contributed by atoms with Gasteiger partial charge in [-0.05, 0) is 31.5 Å². The highest BCUT2D eigenvalue weighted by Crippen LogP contribution is 2.25. The van der Waals surface area contributed by atoms with Crippen molar-refractivity contribution in [3.63, 3.8) is 0 Å². The van der Waals surface area contributed by atoms with Crippen molar-refractivity contribution in [1.82, 2.24) is 10.2 Å². The second-order valence-electron chi connectivity index (χ2n) is 5.32. The molecule has 1 amide bonds. The quantitative estimate of drug-likeness (QED) is 0.680. The van der Waals surface area contributed by atoms with E-state index in [0.717, 1.165) is 37.1 Å². The number of hydrogen-bond donors (Lipinski definition) is 2. The molecule has 2 rings (SSSR count). The zero-order valence-corrected chi connectivity index (χ0v) is 12.9. The van der Waals surface area contributed by atoms with Crippen LogP contribution in [-0.2, 0) is 4.79 Å². The summed E-state index contributed by atoms with van der Waals surface area (Å²) in [6.07, 6.45) is 2.65. The second-order valence-corrected chi connectivity index (χ2v) is 5.32. The molecule has 1 aromatic rings. The van der Waals surface area contributed by atoms with Crippen LogP contribution in [0.3, 0.4) is 0 Å². The number of benzene rings is 1. The Morgan fingerprint density at radius 3 is 2.90 bits per heavy atom. The SMILES string of the molecule is CCN(CCNCC(=O)Nc1cccc(OC)c1)C1CC1. The summed E-state index contributed by atoms with van der Waals surface area (Å²) in [4.78, 5) is 14.3. The lowest BCUT2D eigenvalue weighted by Gasteiger charge is -2.19. The summed E-state index contributed by atoms with van der Waals surface area (Å²) in [5.41, 5.74) is 0.759. The van der Waals surface area contributed by atoms with Gasteiger partial charge in [-0.1, -0.05) is 13.0 Å². The molecule has 0 radical (unpaired) electrons. The molecule has 0 aliphatic heterocycles. The van der Waals surface area contributed by atoms with E-state index in [1.165, 1.54) is 12.8 Å². The number of rotatable bonds is 9. The van der Waals surface area contributed by atoms with Crippen molar-refractivity contribution < 1.29 is 9.53 Å². The Morgan fingerprint density at radius 2 is 2.24 bits per heavy atom. The molecule has 1 fully saturated rings.